The van der Waals surface area contributed by atoms with E-state index in [1.54, 1.807) is 6.07 Å². The SMILES string of the molecule is Cc1ccc(C(=O)NCC(=O)NCC2(N3CCSCC3)CCCC2)cc1C. The molecule has 1 heterocycles. The third-order valence-corrected chi connectivity index (χ3v) is 6.95. The molecular weight excluding hydrogens is 358 g/mol. The van der Waals surface area contributed by atoms with Gasteiger partial charge in [0.15, 0.2) is 0 Å². The van der Waals surface area contributed by atoms with Gasteiger partial charge in [0.2, 0.25) is 5.91 Å². The van der Waals surface area contributed by atoms with Gasteiger partial charge in [0.1, 0.15) is 0 Å². The van der Waals surface area contributed by atoms with Gasteiger partial charge in [0, 0.05) is 42.2 Å². The van der Waals surface area contributed by atoms with Gasteiger partial charge in [0.05, 0.1) is 6.54 Å². The van der Waals surface area contributed by atoms with Gasteiger partial charge in [-0.2, -0.15) is 11.8 Å². The largest absolute Gasteiger partial charge is 0.353 e. The highest BCUT2D eigenvalue weighted by atomic mass is 32.2. The number of aryl methyl sites for hydroxylation is 2. The van der Waals surface area contributed by atoms with Crippen LogP contribution in [-0.2, 0) is 4.79 Å². The Morgan fingerprint density at radius 1 is 1.07 bits per heavy atom. The van der Waals surface area contributed by atoms with Crippen LogP contribution in [0.4, 0.5) is 0 Å². The molecule has 3 rings (SSSR count). The van der Waals surface area contributed by atoms with E-state index in [2.05, 4.69) is 15.5 Å². The number of hydrogen-bond donors (Lipinski definition) is 2. The summed E-state index contributed by atoms with van der Waals surface area (Å²) in [7, 11) is 0. The van der Waals surface area contributed by atoms with Gasteiger partial charge in [-0.1, -0.05) is 18.9 Å². The minimum atomic E-state index is -0.197. The van der Waals surface area contributed by atoms with Crippen molar-refractivity contribution in [3.05, 3.63) is 34.9 Å². The van der Waals surface area contributed by atoms with Crippen molar-refractivity contribution >= 4 is 23.6 Å². The van der Waals surface area contributed by atoms with Crippen LogP contribution < -0.4 is 10.6 Å². The highest BCUT2D eigenvalue weighted by molar-refractivity contribution is 7.99. The molecule has 0 atom stereocenters. The summed E-state index contributed by atoms with van der Waals surface area (Å²) in [4.78, 5) is 27.2. The molecule has 27 heavy (non-hydrogen) atoms. The highest BCUT2D eigenvalue weighted by Gasteiger charge is 2.40. The van der Waals surface area contributed by atoms with E-state index in [1.165, 1.54) is 24.3 Å². The van der Waals surface area contributed by atoms with Gasteiger partial charge < -0.3 is 10.6 Å². The van der Waals surface area contributed by atoms with Gasteiger partial charge >= 0.3 is 0 Å². The monoisotopic (exact) mass is 389 g/mol. The summed E-state index contributed by atoms with van der Waals surface area (Å²) >= 11 is 2.02. The minimum Gasteiger partial charge on any atom is -0.353 e. The van der Waals surface area contributed by atoms with Crippen LogP contribution >= 0.6 is 11.8 Å². The lowest BCUT2D eigenvalue weighted by atomic mass is 9.94. The van der Waals surface area contributed by atoms with Gasteiger partial charge in [-0.3, -0.25) is 14.5 Å². The highest BCUT2D eigenvalue weighted by Crippen LogP contribution is 2.36. The number of carbonyl (C=O) groups excluding carboxylic acids is 2. The van der Waals surface area contributed by atoms with Crippen molar-refractivity contribution in [3.8, 4) is 0 Å². The summed E-state index contributed by atoms with van der Waals surface area (Å²) in [5.41, 5.74) is 2.95. The number of benzene rings is 1. The quantitative estimate of drug-likeness (QED) is 0.785. The fourth-order valence-electron chi connectivity index (χ4n) is 4.15. The molecule has 148 valence electrons. The topological polar surface area (TPSA) is 61.4 Å². The Hall–Kier alpha value is -1.53. The maximum Gasteiger partial charge on any atom is 0.251 e. The number of rotatable bonds is 6. The zero-order chi connectivity index (χ0) is 19.3. The molecule has 0 aromatic heterocycles. The maximum absolute atomic E-state index is 12.3. The molecule has 0 unspecified atom stereocenters. The minimum absolute atomic E-state index is 0.0255. The summed E-state index contributed by atoms with van der Waals surface area (Å²) in [6, 6.07) is 5.60. The average Bonchev–Trinajstić information content (AvgIpc) is 3.17. The summed E-state index contributed by atoms with van der Waals surface area (Å²) in [5.74, 6) is 2.06. The third kappa shape index (κ3) is 5.05. The number of amides is 2. The van der Waals surface area contributed by atoms with Gasteiger partial charge in [-0.15, -0.1) is 0 Å². The van der Waals surface area contributed by atoms with Crippen molar-refractivity contribution in [1.29, 1.82) is 0 Å². The predicted molar refractivity (Wildman–Crippen MR) is 111 cm³/mol. The van der Waals surface area contributed by atoms with E-state index >= 15 is 0 Å². The summed E-state index contributed by atoms with van der Waals surface area (Å²) < 4.78 is 0. The van der Waals surface area contributed by atoms with Crippen LogP contribution in [-0.4, -0.2) is 59.9 Å². The molecule has 0 radical (unpaired) electrons. The van der Waals surface area contributed by atoms with Crippen molar-refractivity contribution < 1.29 is 9.59 Å². The first-order chi connectivity index (χ1) is 13.0. The Morgan fingerprint density at radius 2 is 1.78 bits per heavy atom. The van der Waals surface area contributed by atoms with E-state index in [4.69, 9.17) is 0 Å². The molecule has 2 fully saturated rings. The number of nitrogens with one attached hydrogen (secondary N) is 2. The third-order valence-electron chi connectivity index (χ3n) is 6.01. The Morgan fingerprint density at radius 3 is 2.44 bits per heavy atom. The van der Waals surface area contributed by atoms with Gasteiger partial charge in [-0.05, 0) is 49.9 Å². The van der Waals surface area contributed by atoms with Crippen LogP contribution in [0.3, 0.4) is 0 Å². The first-order valence-corrected chi connectivity index (χ1v) is 11.1. The normalized spacial score (nSPS) is 19.6. The summed E-state index contributed by atoms with van der Waals surface area (Å²) in [6.07, 6.45) is 4.80. The van der Waals surface area contributed by atoms with E-state index in [0.29, 0.717) is 12.1 Å². The Balaban J connectivity index is 1.49. The number of hydrogen-bond acceptors (Lipinski definition) is 4. The fourth-order valence-corrected chi connectivity index (χ4v) is 5.05. The van der Waals surface area contributed by atoms with E-state index in [0.717, 1.165) is 37.1 Å². The van der Waals surface area contributed by atoms with Gasteiger partial charge in [-0.25, -0.2) is 0 Å². The zero-order valence-electron chi connectivity index (χ0n) is 16.5. The molecule has 1 aromatic rings. The first-order valence-electron chi connectivity index (χ1n) is 9.95. The van der Waals surface area contributed by atoms with Crippen LogP contribution in [0.25, 0.3) is 0 Å². The molecule has 6 heteroatoms. The Kier molecular flexibility index (Phi) is 6.82. The van der Waals surface area contributed by atoms with E-state index < -0.39 is 0 Å². The van der Waals surface area contributed by atoms with E-state index in [1.807, 2.05) is 37.7 Å². The summed E-state index contributed by atoms with van der Waals surface area (Å²) in [6.45, 7) is 6.95. The molecule has 1 saturated carbocycles. The second-order valence-electron chi connectivity index (χ2n) is 7.79. The molecule has 0 spiro atoms. The molecule has 1 aromatic carbocycles. The van der Waals surface area contributed by atoms with Crippen LogP contribution in [0.2, 0.25) is 0 Å². The number of carbonyl (C=O) groups is 2. The molecule has 2 amide bonds. The van der Waals surface area contributed by atoms with E-state index in [-0.39, 0.29) is 23.9 Å². The molecule has 0 bridgehead atoms. The second kappa shape index (κ2) is 9.11. The van der Waals surface area contributed by atoms with Crippen molar-refractivity contribution in [2.45, 2.75) is 45.1 Å². The molecule has 1 aliphatic carbocycles. The number of thioether (sulfide) groups is 1. The maximum atomic E-state index is 12.3. The molecule has 2 N–H and O–H groups in total. The Bertz CT molecular complexity index is 680. The summed E-state index contributed by atoms with van der Waals surface area (Å²) in [5, 5.41) is 5.83. The smallest absolute Gasteiger partial charge is 0.251 e. The van der Waals surface area contributed by atoms with Crippen molar-refractivity contribution in [2.24, 2.45) is 0 Å². The average molecular weight is 390 g/mol. The fraction of sp³-hybridized carbons (Fsp3) is 0.619. The number of nitrogens with zero attached hydrogens (tertiary/aromatic N) is 1. The van der Waals surface area contributed by atoms with Crippen LogP contribution in [0.5, 0.6) is 0 Å². The van der Waals surface area contributed by atoms with Crippen LogP contribution in [0, 0.1) is 13.8 Å². The van der Waals surface area contributed by atoms with Crippen LogP contribution in [0.1, 0.15) is 47.2 Å². The van der Waals surface area contributed by atoms with Crippen LogP contribution in [0.15, 0.2) is 18.2 Å². The Labute approximate surface area is 166 Å². The molecular formula is C21H31N3O2S. The lowest BCUT2D eigenvalue weighted by Crippen LogP contribution is -2.57. The molecule has 1 saturated heterocycles. The standard InChI is InChI=1S/C21H31N3O2S/c1-16-5-6-18(13-17(16)2)20(26)22-14-19(25)23-15-21(7-3-4-8-21)24-9-11-27-12-10-24/h5-6,13H,3-4,7-12,14-15H2,1-2H3,(H,22,26)(H,23,25). The lowest BCUT2D eigenvalue weighted by Gasteiger charge is -2.43. The zero-order valence-corrected chi connectivity index (χ0v) is 17.3. The molecule has 5 nitrogen and oxygen atoms in total. The van der Waals surface area contributed by atoms with Crippen molar-refractivity contribution in [3.63, 3.8) is 0 Å². The van der Waals surface area contributed by atoms with Crippen molar-refractivity contribution in [2.75, 3.05) is 37.7 Å². The first kappa shape index (κ1) is 20.2. The molecule has 1 aliphatic heterocycles. The second-order valence-corrected chi connectivity index (χ2v) is 9.01. The molecule has 2 aliphatic rings. The van der Waals surface area contributed by atoms with Gasteiger partial charge in [0.25, 0.3) is 5.91 Å². The van der Waals surface area contributed by atoms with Crippen molar-refractivity contribution in [1.82, 2.24) is 15.5 Å². The van der Waals surface area contributed by atoms with E-state index in [9.17, 15) is 9.59 Å². The lowest BCUT2D eigenvalue weighted by molar-refractivity contribution is -0.120. The predicted octanol–water partition coefficient (Wildman–Crippen LogP) is 2.51.